The lowest BCUT2D eigenvalue weighted by molar-refractivity contribution is 0.309. The molecular formula is C24H24N4O3S. The fourth-order valence-corrected chi connectivity index (χ4v) is 4.11. The number of aromatic nitrogens is 2. The molecule has 0 atom stereocenters. The molecule has 0 saturated heterocycles. The molecule has 3 aromatic carbocycles. The molecule has 0 amide bonds. The third-order valence-corrected chi connectivity index (χ3v) is 6.07. The van der Waals surface area contributed by atoms with Gasteiger partial charge in [-0.3, -0.25) is 4.72 Å². The molecule has 0 spiro atoms. The van der Waals surface area contributed by atoms with Crippen LogP contribution >= 0.6 is 0 Å². The van der Waals surface area contributed by atoms with Gasteiger partial charge in [0, 0.05) is 11.8 Å². The Morgan fingerprint density at radius 3 is 2.25 bits per heavy atom. The highest BCUT2D eigenvalue weighted by molar-refractivity contribution is 7.92. The fourth-order valence-electron chi connectivity index (χ4n) is 3.08. The Morgan fingerprint density at radius 1 is 0.844 bits per heavy atom. The Hall–Kier alpha value is -3.65. The van der Waals surface area contributed by atoms with Crippen molar-refractivity contribution in [2.75, 3.05) is 16.6 Å². The summed E-state index contributed by atoms with van der Waals surface area (Å²) in [6, 6.07) is 22.9. The summed E-state index contributed by atoms with van der Waals surface area (Å²) in [4.78, 5) is 9.28. The maximum absolute atomic E-state index is 12.9. The van der Waals surface area contributed by atoms with Crippen molar-refractivity contribution in [1.82, 2.24) is 9.97 Å². The first-order valence-electron chi connectivity index (χ1n) is 10.4. The van der Waals surface area contributed by atoms with Gasteiger partial charge in [0.25, 0.3) is 10.0 Å². The van der Waals surface area contributed by atoms with Gasteiger partial charge in [-0.05, 0) is 42.8 Å². The molecule has 0 saturated carbocycles. The number of ether oxygens (including phenoxy) is 1. The molecule has 0 aliphatic heterocycles. The molecule has 4 aromatic rings. The summed E-state index contributed by atoms with van der Waals surface area (Å²) in [7, 11) is -3.84. The molecule has 0 bridgehead atoms. The van der Waals surface area contributed by atoms with E-state index in [1.165, 1.54) is 12.1 Å². The summed E-state index contributed by atoms with van der Waals surface area (Å²) in [6.07, 6.45) is 2.02. The Balaban J connectivity index is 1.68. The summed E-state index contributed by atoms with van der Waals surface area (Å²) >= 11 is 0. The smallest absolute Gasteiger partial charge is 0.263 e. The van der Waals surface area contributed by atoms with Crippen LogP contribution in [-0.2, 0) is 10.0 Å². The fraction of sp³-hybridized carbons (Fsp3) is 0.167. The summed E-state index contributed by atoms with van der Waals surface area (Å²) in [6.45, 7) is 2.75. The van der Waals surface area contributed by atoms with Crippen LogP contribution in [0.3, 0.4) is 0 Å². The van der Waals surface area contributed by atoms with Crippen molar-refractivity contribution in [1.29, 1.82) is 0 Å². The van der Waals surface area contributed by atoms with Gasteiger partial charge >= 0.3 is 0 Å². The van der Waals surface area contributed by atoms with E-state index in [4.69, 9.17) is 4.74 Å². The molecule has 32 heavy (non-hydrogen) atoms. The van der Waals surface area contributed by atoms with E-state index >= 15 is 0 Å². The van der Waals surface area contributed by atoms with Crippen LogP contribution in [0.1, 0.15) is 19.8 Å². The van der Waals surface area contributed by atoms with Gasteiger partial charge in [-0.15, -0.1) is 0 Å². The molecule has 0 fully saturated rings. The zero-order chi connectivity index (χ0) is 22.4. The molecule has 1 heterocycles. The second-order valence-electron chi connectivity index (χ2n) is 7.18. The number of para-hydroxylation sites is 2. The molecule has 164 valence electrons. The van der Waals surface area contributed by atoms with E-state index in [1.807, 2.05) is 42.5 Å². The number of anilines is 3. The van der Waals surface area contributed by atoms with E-state index in [0.29, 0.717) is 29.1 Å². The number of hydrogen-bond acceptors (Lipinski definition) is 6. The Morgan fingerprint density at radius 2 is 1.53 bits per heavy atom. The third kappa shape index (κ3) is 5.15. The van der Waals surface area contributed by atoms with Crippen molar-refractivity contribution in [2.24, 2.45) is 0 Å². The predicted molar refractivity (Wildman–Crippen MR) is 127 cm³/mol. The standard InChI is InChI=1S/C24H24N4O3S/c1-2-3-16-31-19-11-9-10-18(17-19)25-23-24(27-22-15-8-7-14-21(22)26-23)28-32(29,30)20-12-5-4-6-13-20/h4-15,17H,2-3,16H2,1H3,(H,25,26)(H,27,28). The van der Waals surface area contributed by atoms with Crippen LogP contribution in [0.25, 0.3) is 11.0 Å². The number of benzene rings is 3. The predicted octanol–water partition coefficient (Wildman–Crippen LogP) is 5.35. The first-order valence-corrected chi connectivity index (χ1v) is 11.9. The zero-order valence-corrected chi connectivity index (χ0v) is 18.5. The van der Waals surface area contributed by atoms with Crippen molar-refractivity contribution in [3.63, 3.8) is 0 Å². The lowest BCUT2D eigenvalue weighted by Gasteiger charge is -2.14. The number of hydrogen-bond donors (Lipinski definition) is 2. The van der Waals surface area contributed by atoms with Gasteiger partial charge < -0.3 is 10.1 Å². The van der Waals surface area contributed by atoms with Gasteiger partial charge in [0.15, 0.2) is 11.6 Å². The van der Waals surface area contributed by atoms with Gasteiger partial charge in [0.1, 0.15) is 5.75 Å². The SMILES string of the molecule is CCCCOc1cccc(Nc2nc3ccccc3nc2NS(=O)(=O)c2ccccc2)c1. The average molecular weight is 449 g/mol. The van der Waals surface area contributed by atoms with Crippen LogP contribution in [0.4, 0.5) is 17.3 Å². The quantitative estimate of drug-likeness (QED) is 0.335. The van der Waals surface area contributed by atoms with Gasteiger partial charge in [0.05, 0.1) is 22.5 Å². The minimum absolute atomic E-state index is 0.116. The molecule has 8 heteroatoms. The van der Waals surface area contributed by atoms with E-state index in [1.54, 1.807) is 24.3 Å². The second-order valence-corrected chi connectivity index (χ2v) is 8.87. The number of sulfonamides is 1. The average Bonchev–Trinajstić information content (AvgIpc) is 2.80. The molecule has 0 aliphatic rings. The normalized spacial score (nSPS) is 11.3. The third-order valence-electron chi connectivity index (χ3n) is 4.72. The van der Waals surface area contributed by atoms with Crippen molar-refractivity contribution in [3.8, 4) is 5.75 Å². The molecule has 7 nitrogen and oxygen atoms in total. The van der Waals surface area contributed by atoms with Gasteiger partial charge in [-0.25, -0.2) is 18.4 Å². The van der Waals surface area contributed by atoms with Gasteiger partial charge in [0.2, 0.25) is 0 Å². The summed E-state index contributed by atoms with van der Waals surface area (Å²) in [5.41, 5.74) is 1.94. The van der Waals surface area contributed by atoms with Crippen LogP contribution in [0, 0.1) is 0 Å². The highest BCUT2D eigenvalue weighted by atomic mass is 32.2. The number of nitrogens with zero attached hydrogens (tertiary/aromatic N) is 2. The molecule has 0 unspecified atom stereocenters. The Kier molecular flexibility index (Phi) is 6.51. The Labute approximate surface area is 187 Å². The lowest BCUT2D eigenvalue weighted by atomic mass is 10.3. The molecule has 1 aromatic heterocycles. The van der Waals surface area contributed by atoms with E-state index in [0.717, 1.165) is 18.6 Å². The van der Waals surface area contributed by atoms with Gasteiger partial charge in [-0.1, -0.05) is 49.7 Å². The lowest BCUT2D eigenvalue weighted by Crippen LogP contribution is -2.16. The Bertz CT molecular complexity index is 1310. The molecule has 2 N–H and O–H groups in total. The monoisotopic (exact) mass is 448 g/mol. The van der Waals surface area contributed by atoms with Crippen LogP contribution in [0.5, 0.6) is 5.75 Å². The van der Waals surface area contributed by atoms with Crippen LogP contribution in [-0.4, -0.2) is 25.0 Å². The van der Waals surface area contributed by atoms with Crippen molar-refractivity contribution >= 4 is 38.4 Å². The van der Waals surface area contributed by atoms with Crippen LogP contribution < -0.4 is 14.8 Å². The van der Waals surface area contributed by atoms with E-state index in [2.05, 4.69) is 26.9 Å². The van der Waals surface area contributed by atoms with E-state index in [9.17, 15) is 8.42 Å². The number of fused-ring (bicyclic) bond motifs is 1. The van der Waals surface area contributed by atoms with Crippen molar-refractivity contribution in [3.05, 3.63) is 78.9 Å². The van der Waals surface area contributed by atoms with Gasteiger partial charge in [-0.2, -0.15) is 0 Å². The number of unbranched alkanes of at least 4 members (excludes halogenated alkanes) is 1. The van der Waals surface area contributed by atoms with Crippen molar-refractivity contribution < 1.29 is 13.2 Å². The number of rotatable bonds is 9. The highest BCUT2D eigenvalue weighted by Gasteiger charge is 2.19. The zero-order valence-electron chi connectivity index (χ0n) is 17.7. The van der Waals surface area contributed by atoms with E-state index in [-0.39, 0.29) is 10.7 Å². The summed E-state index contributed by atoms with van der Waals surface area (Å²) in [5, 5.41) is 3.19. The maximum atomic E-state index is 12.9. The summed E-state index contributed by atoms with van der Waals surface area (Å²) < 4.78 is 34.2. The minimum atomic E-state index is -3.84. The molecule has 4 rings (SSSR count). The summed E-state index contributed by atoms with van der Waals surface area (Å²) in [5.74, 6) is 1.14. The largest absolute Gasteiger partial charge is 0.494 e. The van der Waals surface area contributed by atoms with E-state index < -0.39 is 10.0 Å². The maximum Gasteiger partial charge on any atom is 0.263 e. The first kappa shape index (κ1) is 21.6. The topological polar surface area (TPSA) is 93.2 Å². The minimum Gasteiger partial charge on any atom is -0.494 e. The first-order chi connectivity index (χ1) is 15.5. The number of nitrogens with one attached hydrogen (secondary N) is 2. The van der Waals surface area contributed by atoms with Crippen LogP contribution in [0.2, 0.25) is 0 Å². The molecule has 0 aliphatic carbocycles. The second kappa shape index (κ2) is 9.65. The highest BCUT2D eigenvalue weighted by Crippen LogP contribution is 2.28. The molecular weight excluding hydrogens is 424 g/mol. The van der Waals surface area contributed by atoms with Crippen LogP contribution in [0.15, 0.2) is 83.8 Å². The van der Waals surface area contributed by atoms with Crippen molar-refractivity contribution in [2.45, 2.75) is 24.7 Å². The molecule has 0 radical (unpaired) electrons.